The summed E-state index contributed by atoms with van der Waals surface area (Å²) in [4.78, 5) is 4.24. The van der Waals surface area contributed by atoms with E-state index in [0.717, 1.165) is 12.2 Å². The summed E-state index contributed by atoms with van der Waals surface area (Å²) >= 11 is 0. The van der Waals surface area contributed by atoms with Crippen molar-refractivity contribution in [2.75, 3.05) is 27.8 Å². The normalized spacial score (nSPS) is 12.2. The van der Waals surface area contributed by atoms with Gasteiger partial charge < -0.3 is 19.5 Å². The van der Waals surface area contributed by atoms with E-state index in [-0.39, 0.29) is 6.10 Å². The first-order valence-electron chi connectivity index (χ1n) is 5.55. The highest BCUT2D eigenvalue weighted by Crippen LogP contribution is 2.29. The molecule has 0 amide bonds. The second-order valence-corrected chi connectivity index (χ2v) is 3.67. The van der Waals surface area contributed by atoms with Gasteiger partial charge in [-0.3, -0.25) is 4.98 Å². The molecule has 5 heteroatoms. The van der Waals surface area contributed by atoms with Crippen LogP contribution in [0.5, 0.6) is 11.5 Å². The second kappa shape index (κ2) is 7.09. The summed E-state index contributed by atoms with van der Waals surface area (Å²) in [7, 11) is 5.09. The molecule has 5 nitrogen and oxygen atoms in total. The number of hydrogen-bond acceptors (Lipinski definition) is 5. The number of nitrogens with zero attached hydrogens (tertiary/aromatic N) is 1. The van der Waals surface area contributed by atoms with Gasteiger partial charge in [0.25, 0.3) is 0 Å². The maximum Gasteiger partial charge on any atom is 0.184 e. The molecule has 96 valence electrons. The number of likely N-dealkylation sites (N-methyl/N-ethyl adjacent to an activating group) is 1. The molecule has 1 rings (SSSR count). The van der Waals surface area contributed by atoms with Gasteiger partial charge in [-0.1, -0.05) is 0 Å². The lowest BCUT2D eigenvalue weighted by atomic mass is 10.3. The van der Waals surface area contributed by atoms with Crippen molar-refractivity contribution in [1.29, 1.82) is 0 Å². The van der Waals surface area contributed by atoms with E-state index < -0.39 is 0 Å². The number of hydrogen-bond donors (Lipinski definition) is 1. The summed E-state index contributed by atoms with van der Waals surface area (Å²) in [6, 6.07) is 1.76. The molecule has 0 saturated heterocycles. The summed E-state index contributed by atoms with van der Waals surface area (Å²) < 4.78 is 16.1. The van der Waals surface area contributed by atoms with Gasteiger partial charge in [-0.05, 0) is 14.0 Å². The van der Waals surface area contributed by atoms with E-state index in [1.165, 1.54) is 0 Å². The zero-order valence-corrected chi connectivity index (χ0v) is 10.8. The van der Waals surface area contributed by atoms with Gasteiger partial charge in [-0.25, -0.2) is 0 Å². The van der Waals surface area contributed by atoms with E-state index in [1.807, 2.05) is 14.0 Å². The van der Waals surface area contributed by atoms with Crippen LogP contribution in [0.2, 0.25) is 0 Å². The first-order valence-corrected chi connectivity index (χ1v) is 5.55. The average Bonchev–Trinajstić information content (AvgIpc) is 2.36. The van der Waals surface area contributed by atoms with Crippen LogP contribution in [0, 0.1) is 0 Å². The van der Waals surface area contributed by atoms with Crippen LogP contribution in [0.1, 0.15) is 12.6 Å². The molecule has 1 unspecified atom stereocenters. The van der Waals surface area contributed by atoms with Crippen LogP contribution in [-0.2, 0) is 11.3 Å². The molecule has 0 aliphatic rings. The zero-order valence-electron chi connectivity index (χ0n) is 10.8. The first kappa shape index (κ1) is 13.7. The van der Waals surface area contributed by atoms with E-state index >= 15 is 0 Å². The number of aromatic nitrogens is 1. The van der Waals surface area contributed by atoms with Crippen LogP contribution in [-0.4, -0.2) is 38.9 Å². The van der Waals surface area contributed by atoms with Crippen LogP contribution in [0.3, 0.4) is 0 Å². The van der Waals surface area contributed by atoms with E-state index in [1.54, 1.807) is 26.5 Å². The predicted octanol–water partition coefficient (Wildman–Crippen LogP) is 1.22. The number of ether oxygens (including phenoxy) is 3. The SMILES string of the molecule is CNCC(C)OCc1nccc(OC)c1OC. The van der Waals surface area contributed by atoms with Gasteiger partial charge in [0.05, 0.1) is 26.9 Å². The lowest BCUT2D eigenvalue weighted by Gasteiger charge is -2.15. The molecule has 0 bridgehead atoms. The summed E-state index contributed by atoms with van der Waals surface area (Å²) in [5, 5.41) is 3.05. The van der Waals surface area contributed by atoms with Crippen LogP contribution >= 0.6 is 0 Å². The van der Waals surface area contributed by atoms with Crippen molar-refractivity contribution in [1.82, 2.24) is 10.3 Å². The Kier molecular flexibility index (Phi) is 5.72. The summed E-state index contributed by atoms with van der Waals surface area (Å²) in [5.41, 5.74) is 0.745. The molecular formula is C12H20N2O3. The smallest absolute Gasteiger partial charge is 0.184 e. The van der Waals surface area contributed by atoms with Crippen molar-refractivity contribution < 1.29 is 14.2 Å². The molecule has 17 heavy (non-hydrogen) atoms. The molecular weight excluding hydrogens is 220 g/mol. The summed E-state index contributed by atoms with van der Waals surface area (Å²) in [6.07, 6.45) is 1.81. The second-order valence-electron chi connectivity index (χ2n) is 3.67. The first-order chi connectivity index (χ1) is 8.22. The average molecular weight is 240 g/mol. The van der Waals surface area contributed by atoms with E-state index in [0.29, 0.717) is 18.1 Å². The molecule has 0 radical (unpaired) electrons. The largest absolute Gasteiger partial charge is 0.493 e. The van der Waals surface area contributed by atoms with Crippen molar-refractivity contribution in [3.63, 3.8) is 0 Å². The van der Waals surface area contributed by atoms with Gasteiger partial charge in [0.2, 0.25) is 0 Å². The molecule has 1 aromatic rings. The number of methoxy groups -OCH3 is 2. The quantitative estimate of drug-likeness (QED) is 0.776. The Bertz CT molecular complexity index is 345. The Morgan fingerprint density at radius 2 is 2.12 bits per heavy atom. The Morgan fingerprint density at radius 1 is 1.35 bits per heavy atom. The third-order valence-corrected chi connectivity index (χ3v) is 2.36. The minimum Gasteiger partial charge on any atom is -0.493 e. The van der Waals surface area contributed by atoms with Crippen molar-refractivity contribution in [2.24, 2.45) is 0 Å². The van der Waals surface area contributed by atoms with E-state index in [9.17, 15) is 0 Å². The Balaban J connectivity index is 2.70. The third kappa shape index (κ3) is 3.87. The number of rotatable bonds is 7. The van der Waals surface area contributed by atoms with Crippen LogP contribution in [0.25, 0.3) is 0 Å². The van der Waals surface area contributed by atoms with Crippen molar-refractivity contribution in [3.05, 3.63) is 18.0 Å². The van der Waals surface area contributed by atoms with Crippen LogP contribution in [0.15, 0.2) is 12.3 Å². The maximum absolute atomic E-state index is 5.65. The standard InChI is InChI=1S/C12H20N2O3/c1-9(7-13-2)17-8-10-12(16-4)11(15-3)5-6-14-10/h5-6,9,13H,7-8H2,1-4H3. The van der Waals surface area contributed by atoms with Crippen LogP contribution < -0.4 is 14.8 Å². The van der Waals surface area contributed by atoms with Gasteiger partial charge in [0, 0.05) is 18.8 Å². The zero-order chi connectivity index (χ0) is 12.7. The minimum absolute atomic E-state index is 0.123. The maximum atomic E-state index is 5.65. The lowest BCUT2D eigenvalue weighted by Crippen LogP contribution is -2.23. The highest BCUT2D eigenvalue weighted by molar-refractivity contribution is 5.42. The van der Waals surface area contributed by atoms with E-state index in [2.05, 4.69) is 10.3 Å². The molecule has 0 spiro atoms. The Hall–Kier alpha value is -1.33. The molecule has 0 aliphatic heterocycles. The van der Waals surface area contributed by atoms with Crippen molar-refractivity contribution >= 4 is 0 Å². The molecule has 1 atom stereocenters. The predicted molar refractivity (Wildman–Crippen MR) is 65.5 cm³/mol. The lowest BCUT2D eigenvalue weighted by molar-refractivity contribution is 0.0510. The monoisotopic (exact) mass is 240 g/mol. The Labute approximate surface area is 102 Å². The Morgan fingerprint density at radius 3 is 2.71 bits per heavy atom. The fourth-order valence-corrected chi connectivity index (χ4v) is 1.52. The fourth-order valence-electron chi connectivity index (χ4n) is 1.52. The highest BCUT2D eigenvalue weighted by atomic mass is 16.5. The topological polar surface area (TPSA) is 52.6 Å². The molecule has 0 saturated carbocycles. The molecule has 0 aliphatic carbocycles. The number of pyridine rings is 1. The number of nitrogens with one attached hydrogen (secondary N) is 1. The summed E-state index contributed by atoms with van der Waals surface area (Å²) in [6.45, 7) is 3.21. The van der Waals surface area contributed by atoms with Gasteiger partial charge in [-0.15, -0.1) is 0 Å². The minimum atomic E-state index is 0.123. The summed E-state index contributed by atoms with van der Waals surface area (Å²) in [5.74, 6) is 1.30. The fraction of sp³-hybridized carbons (Fsp3) is 0.583. The molecule has 1 heterocycles. The molecule has 0 fully saturated rings. The van der Waals surface area contributed by atoms with Gasteiger partial charge in [0.1, 0.15) is 5.69 Å². The molecule has 1 N–H and O–H groups in total. The van der Waals surface area contributed by atoms with E-state index in [4.69, 9.17) is 14.2 Å². The highest BCUT2D eigenvalue weighted by Gasteiger charge is 2.12. The van der Waals surface area contributed by atoms with Gasteiger partial charge >= 0.3 is 0 Å². The molecule has 1 aromatic heterocycles. The van der Waals surface area contributed by atoms with Crippen molar-refractivity contribution in [3.8, 4) is 11.5 Å². The third-order valence-electron chi connectivity index (χ3n) is 2.36. The van der Waals surface area contributed by atoms with Gasteiger partial charge in [0.15, 0.2) is 11.5 Å². The van der Waals surface area contributed by atoms with Gasteiger partial charge in [-0.2, -0.15) is 0 Å². The molecule has 0 aromatic carbocycles. The van der Waals surface area contributed by atoms with Crippen LogP contribution in [0.4, 0.5) is 0 Å². The van der Waals surface area contributed by atoms with Crippen molar-refractivity contribution in [2.45, 2.75) is 19.6 Å².